The molecule has 0 saturated carbocycles. The molecule has 1 aromatic heterocycles. The lowest BCUT2D eigenvalue weighted by Gasteiger charge is -2.06. The van der Waals surface area contributed by atoms with Gasteiger partial charge in [0, 0.05) is 17.8 Å². The summed E-state index contributed by atoms with van der Waals surface area (Å²) in [6.07, 6.45) is 2.20. The molecule has 1 amide bonds. The molecule has 0 aliphatic rings. The van der Waals surface area contributed by atoms with Gasteiger partial charge < -0.3 is 10.1 Å². The van der Waals surface area contributed by atoms with Crippen molar-refractivity contribution in [2.24, 2.45) is 0 Å². The highest BCUT2D eigenvalue weighted by Crippen LogP contribution is 2.13. The van der Waals surface area contributed by atoms with E-state index in [2.05, 4.69) is 11.4 Å². The Labute approximate surface area is 123 Å². The Morgan fingerprint density at radius 1 is 1.25 bits per heavy atom. The number of methoxy groups -OCH3 is 1. The normalized spacial score (nSPS) is 10.2. The summed E-state index contributed by atoms with van der Waals surface area (Å²) in [5, 5.41) is 4.99. The van der Waals surface area contributed by atoms with Gasteiger partial charge in [-0.2, -0.15) is 0 Å². The Kier molecular flexibility index (Phi) is 5.62. The Morgan fingerprint density at radius 3 is 2.90 bits per heavy atom. The Hall–Kier alpha value is -1.81. The molecule has 2 rings (SSSR count). The summed E-state index contributed by atoms with van der Waals surface area (Å²) >= 11 is 1.70. The maximum absolute atomic E-state index is 11.7. The molecule has 106 valence electrons. The van der Waals surface area contributed by atoms with Crippen LogP contribution in [0.15, 0.2) is 41.8 Å². The quantitative estimate of drug-likeness (QED) is 0.851. The number of carbonyl (C=O) groups excluding carboxylic acids is 1. The molecule has 1 aromatic carbocycles. The molecule has 0 bridgehead atoms. The summed E-state index contributed by atoms with van der Waals surface area (Å²) < 4.78 is 5.18. The van der Waals surface area contributed by atoms with Crippen LogP contribution in [0.3, 0.4) is 0 Å². The van der Waals surface area contributed by atoms with Gasteiger partial charge in [0.05, 0.1) is 7.11 Å². The SMILES string of the molecule is COc1cccc(CCNC(=O)CCc2cccs2)c1. The van der Waals surface area contributed by atoms with E-state index in [0.29, 0.717) is 13.0 Å². The van der Waals surface area contributed by atoms with E-state index in [1.165, 1.54) is 10.4 Å². The van der Waals surface area contributed by atoms with E-state index in [0.717, 1.165) is 18.6 Å². The third-order valence-corrected chi connectivity index (χ3v) is 3.98. The van der Waals surface area contributed by atoms with Crippen molar-refractivity contribution in [3.8, 4) is 5.75 Å². The van der Waals surface area contributed by atoms with E-state index >= 15 is 0 Å². The fourth-order valence-electron chi connectivity index (χ4n) is 1.95. The average Bonchev–Trinajstić information content (AvgIpc) is 2.99. The molecule has 0 radical (unpaired) electrons. The lowest BCUT2D eigenvalue weighted by molar-refractivity contribution is -0.121. The van der Waals surface area contributed by atoms with Crippen LogP contribution < -0.4 is 10.1 Å². The Balaban J connectivity index is 1.68. The van der Waals surface area contributed by atoms with Crippen molar-refractivity contribution in [1.82, 2.24) is 5.32 Å². The van der Waals surface area contributed by atoms with Gasteiger partial charge in [-0.15, -0.1) is 11.3 Å². The first-order chi connectivity index (χ1) is 9.78. The van der Waals surface area contributed by atoms with Crippen molar-refractivity contribution in [3.05, 3.63) is 52.2 Å². The highest BCUT2D eigenvalue weighted by molar-refractivity contribution is 7.09. The molecule has 3 nitrogen and oxygen atoms in total. The van der Waals surface area contributed by atoms with Gasteiger partial charge in [-0.05, 0) is 42.0 Å². The number of benzene rings is 1. The number of carbonyl (C=O) groups is 1. The van der Waals surface area contributed by atoms with Gasteiger partial charge >= 0.3 is 0 Å². The smallest absolute Gasteiger partial charge is 0.220 e. The minimum Gasteiger partial charge on any atom is -0.497 e. The zero-order valence-corrected chi connectivity index (χ0v) is 12.4. The molecule has 0 atom stereocenters. The second kappa shape index (κ2) is 7.70. The molecule has 1 heterocycles. The van der Waals surface area contributed by atoms with Crippen LogP contribution in [0.25, 0.3) is 0 Å². The molecule has 0 saturated heterocycles. The van der Waals surface area contributed by atoms with E-state index in [9.17, 15) is 4.79 Å². The maximum atomic E-state index is 11.7. The summed E-state index contributed by atoms with van der Waals surface area (Å²) in [7, 11) is 1.66. The number of amides is 1. The molecule has 0 fully saturated rings. The summed E-state index contributed by atoms with van der Waals surface area (Å²) in [6, 6.07) is 12.0. The monoisotopic (exact) mass is 289 g/mol. The first-order valence-electron chi connectivity index (χ1n) is 6.70. The topological polar surface area (TPSA) is 38.3 Å². The van der Waals surface area contributed by atoms with Crippen molar-refractivity contribution in [2.75, 3.05) is 13.7 Å². The van der Waals surface area contributed by atoms with Crippen LogP contribution in [0.1, 0.15) is 16.9 Å². The predicted octanol–water partition coefficient (Wildman–Crippen LogP) is 3.05. The first kappa shape index (κ1) is 14.6. The molecule has 20 heavy (non-hydrogen) atoms. The van der Waals surface area contributed by atoms with Gasteiger partial charge in [-0.25, -0.2) is 0 Å². The number of nitrogens with one attached hydrogen (secondary N) is 1. The predicted molar refractivity (Wildman–Crippen MR) is 82.3 cm³/mol. The van der Waals surface area contributed by atoms with E-state index < -0.39 is 0 Å². The fraction of sp³-hybridized carbons (Fsp3) is 0.312. The second-order valence-electron chi connectivity index (χ2n) is 4.53. The lowest BCUT2D eigenvalue weighted by Crippen LogP contribution is -2.25. The number of hydrogen-bond acceptors (Lipinski definition) is 3. The highest BCUT2D eigenvalue weighted by atomic mass is 32.1. The Morgan fingerprint density at radius 2 is 2.15 bits per heavy atom. The summed E-state index contributed by atoms with van der Waals surface area (Å²) in [5.41, 5.74) is 1.17. The van der Waals surface area contributed by atoms with Crippen LogP contribution in [0, 0.1) is 0 Å². The molecule has 0 spiro atoms. The summed E-state index contributed by atoms with van der Waals surface area (Å²) in [5.74, 6) is 0.966. The van der Waals surface area contributed by atoms with Gasteiger partial charge in [0.2, 0.25) is 5.91 Å². The zero-order chi connectivity index (χ0) is 14.2. The van der Waals surface area contributed by atoms with Gasteiger partial charge in [-0.3, -0.25) is 4.79 Å². The number of aryl methyl sites for hydroxylation is 1. The minimum atomic E-state index is 0.112. The molecule has 0 unspecified atom stereocenters. The third-order valence-electron chi connectivity index (χ3n) is 3.05. The molecular weight excluding hydrogens is 270 g/mol. The molecule has 4 heteroatoms. The van der Waals surface area contributed by atoms with Crippen molar-refractivity contribution >= 4 is 17.2 Å². The first-order valence-corrected chi connectivity index (χ1v) is 7.58. The highest BCUT2D eigenvalue weighted by Gasteiger charge is 2.03. The molecule has 0 aliphatic carbocycles. The lowest BCUT2D eigenvalue weighted by atomic mass is 10.1. The number of rotatable bonds is 7. The van der Waals surface area contributed by atoms with E-state index in [1.54, 1.807) is 18.4 Å². The second-order valence-corrected chi connectivity index (χ2v) is 5.56. The molecule has 1 N–H and O–H groups in total. The van der Waals surface area contributed by atoms with Crippen molar-refractivity contribution in [1.29, 1.82) is 0 Å². The maximum Gasteiger partial charge on any atom is 0.220 e. The number of thiophene rings is 1. The summed E-state index contributed by atoms with van der Waals surface area (Å²) in [6.45, 7) is 0.663. The molecule has 0 aliphatic heterocycles. The Bertz CT molecular complexity index is 537. The van der Waals surface area contributed by atoms with Crippen LogP contribution >= 0.6 is 11.3 Å². The largest absolute Gasteiger partial charge is 0.497 e. The number of hydrogen-bond donors (Lipinski definition) is 1. The van der Waals surface area contributed by atoms with Gasteiger partial charge in [0.1, 0.15) is 5.75 Å². The molecule has 2 aromatic rings. The van der Waals surface area contributed by atoms with E-state index in [-0.39, 0.29) is 5.91 Å². The molecular formula is C16H19NO2S. The van der Waals surface area contributed by atoms with E-state index in [4.69, 9.17) is 4.74 Å². The van der Waals surface area contributed by atoms with Gasteiger partial charge in [0.15, 0.2) is 0 Å². The van der Waals surface area contributed by atoms with Crippen LogP contribution in [0.2, 0.25) is 0 Å². The van der Waals surface area contributed by atoms with E-state index in [1.807, 2.05) is 35.7 Å². The van der Waals surface area contributed by atoms with Crippen LogP contribution in [-0.2, 0) is 17.6 Å². The fourth-order valence-corrected chi connectivity index (χ4v) is 2.66. The zero-order valence-electron chi connectivity index (χ0n) is 11.6. The van der Waals surface area contributed by atoms with Gasteiger partial charge in [0.25, 0.3) is 0 Å². The number of ether oxygens (including phenoxy) is 1. The minimum absolute atomic E-state index is 0.112. The van der Waals surface area contributed by atoms with Crippen molar-refractivity contribution < 1.29 is 9.53 Å². The standard InChI is InChI=1S/C16H19NO2S/c1-19-14-5-2-4-13(12-14)9-10-17-16(18)8-7-15-6-3-11-20-15/h2-6,11-12H,7-10H2,1H3,(H,17,18). The van der Waals surface area contributed by atoms with Crippen LogP contribution in [-0.4, -0.2) is 19.6 Å². The van der Waals surface area contributed by atoms with Crippen LogP contribution in [0.4, 0.5) is 0 Å². The average molecular weight is 289 g/mol. The summed E-state index contributed by atoms with van der Waals surface area (Å²) in [4.78, 5) is 13.0. The van der Waals surface area contributed by atoms with Crippen molar-refractivity contribution in [2.45, 2.75) is 19.3 Å². The van der Waals surface area contributed by atoms with Crippen LogP contribution in [0.5, 0.6) is 5.75 Å². The van der Waals surface area contributed by atoms with Crippen molar-refractivity contribution in [3.63, 3.8) is 0 Å². The third kappa shape index (κ3) is 4.70. The van der Waals surface area contributed by atoms with Gasteiger partial charge in [-0.1, -0.05) is 18.2 Å².